The summed E-state index contributed by atoms with van der Waals surface area (Å²) in [6.45, 7) is 0. The Morgan fingerprint density at radius 1 is 1.10 bits per heavy atom. The molecule has 0 bridgehead atoms. The summed E-state index contributed by atoms with van der Waals surface area (Å²) >= 11 is 0. The van der Waals surface area contributed by atoms with E-state index in [1.54, 1.807) is 24.3 Å². The molecule has 2 N–H and O–H groups in total. The van der Waals surface area contributed by atoms with Crippen LogP contribution < -0.4 is 0 Å². The lowest BCUT2D eigenvalue weighted by molar-refractivity contribution is -0.145. The first kappa shape index (κ1) is 16.1. The van der Waals surface area contributed by atoms with E-state index in [4.69, 9.17) is 0 Å². The standard InChI is InChI=1S/C14H18O6/c1-19-12(16)7-9-5-3-4-6-10(9)14(18)11(15)8-13(17)20-2/h3-6,11,14-15,18H,7-8H2,1-2H3. The summed E-state index contributed by atoms with van der Waals surface area (Å²) in [5.41, 5.74) is 0.921. The number of ether oxygens (including phenoxy) is 2. The van der Waals surface area contributed by atoms with Crippen LogP contribution in [-0.4, -0.2) is 42.5 Å². The van der Waals surface area contributed by atoms with E-state index in [0.717, 1.165) is 0 Å². The third-order valence-corrected chi connectivity index (χ3v) is 2.90. The molecule has 6 nitrogen and oxygen atoms in total. The Hall–Kier alpha value is -1.92. The van der Waals surface area contributed by atoms with Gasteiger partial charge in [0.25, 0.3) is 0 Å². The van der Waals surface area contributed by atoms with Crippen molar-refractivity contribution >= 4 is 11.9 Å². The summed E-state index contributed by atoms with van der Waals surface area (Å²) < 4.78 is 9.01. The zero-order valence-electron chi connectivity index (χ0n) is 11.4. The molecule has 0 saturated heterocycles. The number of carbonyl (C=O) groups is 2. The molecule has 0 radical (unpaired) electrons. The summed E-state index contributed by atoms with van der Waals surface area (Å²) in [5.74, 6) is -1.07. The van der Waals surface area contributed by atoms with Gasteiger partial charge in [-0.2, -0.15) is 0 Å². The molecule has 2 atom stereocenters. The summed E-state index contributed by atoms with van der Waals surface area (Å²) in [4.78, 5) is 22.4. The minimum Gasteiger partial charge on any atom is -0.469 e. The van der Waals surface area contributed by atoms with Crippen molar-refractivity contribution in [2.75, 3.05) is 14.2 Å². The molecule has 0 aliphatic heterocycles. The molecule has 0 spiro atoms. The predicted octanol–water partition coefficient (Wildman–Crippen LogP) is 0.360. The van der Waals surface area contributed by atoms with Crippen LogP contribution in [0, 0.1) is 0 Å². The molecule has 0 saturated carbocycles. The molecule has 1 rings (SSSR count). The molecule has 2 unspecified atom stereocenters. The van der Waals surface area contributed by atoms with Gasteiger partial charge in [0.05, 0.1) is 33.2 Å². The van der Waals surface area contributed by atoms with Crippen molar-refractivity contribution in [3.8, 4) is 0 Å². The average Bonchev–Trinajstić information content (AvgIpc) is 2.46. The highest BCUT2D eigenvalue weighted by Crippen LogP contribution is 2.23. The maximum absolute atomic E-state index is 11.3. The molecule has 0 fully saturated rings. The largest absolute Gasteiger partial charge is 0.469 e. The summed E-state index contributed by atoms with van der Waals surface area (Å²) in [6, 6.07) is 6.62. The zero-order valence-corrected chi connectivity index (χ0v) is 11.4. The van der Waals surface area contributed by atoms with E-state index >= 15 is 0 Å². The molecule has 1 aromatic carbocycles. The van der Waals surface area contributed by atoms with Crippen molar-refractivity contribution < 1.29 is 29.3 Å². The highest BCUT2D eigenvalue weighted by Gasteiger charge is 2.24. The van der Waals surface area contributed by atoms with Gasteiger partial charge in [0, 0.05) is 0 Å². The van der Waals surface area contributed by atoms with E-state index in [1.807, 2.05) is 0 Å². The number of methoxy groups -OCH3 is 2. The third-order valence-electron chi connectivity index (χ3n) is 2.90. The van der Waals surface area contributed by atoms with Crippen LogP contribution in [0.25, 0.3) is 0 Å². The Morgan fingerprint density at radius 2 is 1.70 bits per heavy atom. The van der Waals surface area contributed by atoms with Gasteiger partial charge >= 0.3 is 11.9 Å². The van der Waals surface area contributed by atoms with Gasteiger partial charge in [0.1, 0.15) is 6.10 Å². The van der Waals surface area contributed by atoms with Crippen LogP contribution in [0.2, 0.25) is 0 Å². The Bertz CT molecular complexity index is 470. The number of benzene rings is 1. The number of carbonyl (C=O) groups excluding carboxylic acids is 2. The van der Waals surface area contributed by atoms with Gasteiger partial charge in [-0.15, -0.1) is 0 Å². The lowest BCUT2D eigenvalue weighted by Gasteiger charge is -2.19. The van der Waals surface area contributed by atoms with E-state index in [-0.39, 0.29) is 12.8 Å². The van der Waals surface area contributed by atoms with E-state index in [9.17, 15) is 19.8 Å². The zero-order chi connectivity index (χ0) is 15.1. The molecule has 1 aromatic rings. The highest BCUT2D eigenvalue weighted by atomic mass is 16.5. The molecule has 0 amide bonds. The van der Waals surface area contributed by atoms with Crippen molar-refractivity contribution in [3.63, 3.8) is 0 Å². The van der Waals surface area contributed by atoms with Gasteiger partial charge in [-0.25, -0.2) is 0 Å². The fourth-order valence-corrected chi connectivity index (χ4v) is 1.78. The van der Waals surface area contributed by atoms with Gasteiger partial charge in [-0.1, -0.05) is 24.3 Å². The predicted molar refractivity (Wildman–Crippen MR) is 69.8 cm³/mol. The van der Waals surface area contributed by atoms with Crippen molar-refractivity contribution in [2.24, 2.45) is 0 Å². The van der Waals surface area contributed by atoms with Gasteiger partial charge < -0.3 is 19.7 Å². The Morgan fingerprint density at radius 3 is 2.30 bits per heavy atom. The fraction of sp³-hybridized carbons (Fsp3) is 0.429. The lowest BCUT2D eigenvalue weighted by atomic mass is 9.95. The van der Waals surface area contributed by atoms with Crippen LogP contribution in [-0.2, 0) is 25.5 Å². The molecule has 110 valence electrons. The number of esters is 2. The highest BCUT2D eigenvalue weighted by molar-refractivity contribution is 5.73. The average molecular weight is 282 g/mol. The molecular weight excluding hydrogens is 264 g/mol. The molecule has 0 aromatic heterocycles. The fourth-order valence-electron chi connectivity index (χ4n) is 1.78. The van der Waals surface area contributed by atoms with Crippen LogP contribution in [0.15, 0.2) is 24.3 Å². The quantitative estimate of drug-likeness (QED) is 0.732. The molecule has 6 heteroatoms. The second-order valence-corrected chi connectivity index (χ2v) is 4.24. The topological polar surface area (TPSA) is 93.1 Å². The summed E-state index contributed by atoms with van der Waals surface area (Å²) in [5, 5.41) is 19.9. The van der Waals surface area contributed by atoms with Crippen molar-refractivity contribution in [2.45, 2.75) is 25.0 Å². The maximum Gasteiger partial charge on any atom is 0.309 e. The van der Waals surface area contributed by atoms with E-state index in [1.165, 1.54) is 14.2 Å². The second-order valence-electron chi connectivity index (χ2n) is 4.24. The normalized spacial score (nSPS) is 13.4. The molecule has 0 heterocycles. The van der Waals surface area contributed by atoms with Gasteiger partial charge in [-0.3, -0.25) is 9.59 Å². The Balaban J connectivity index is 2.89. The Labute approximate surface area is 116 Å². The van der Waals surface area contributed by atoms with E-state index in [0.29, 0.717) is 11.1 Å². The van der Waals surface area contributed by atoms with Crippen molar-refractivity contribution in [3.05, 3.63) is 35.4 Å². The third kappa shape index (κ3) is 4.32. The minimum atomic E-state index is -1.30. The van der Waals surface area contributed by atoms with Crippen LogP contribution in [0.1, 0.15) is 23.7 Å². The van der Waals surface area contributed by atoms with E-state index < -0.39 is 24.1 Å². The smallest absolute Gasteiger partial charge is 0.309 e. The number of hydrogen-bond acceptors (Lipinski definition) is 6. The van der Waals surface area contributed by atoms with E-state index in [2.05, 4.69) is 9.47 Å². The van der Waals surface area contributed by atoms with Gasteiger partial charge in [0.2, 0.25) is 0 Å². The molecule has 20 heavy (non-hydrogen) atoms. The molecule has 0 aliphatic rings. The van der Waals surface area contributed by atoms with Gasteiger partial charge in [-0.05, 0) is 11.1 Å². The maximum atomic E-state index is 11.3. The number of hydrogen-bond donors (Lipinski definition) is 2. The van der Waals surface area contributed by atoms with Crippen LogP contribution in [0.3, 0.4) is 0 Å². The van der Waals surface area contributed by atoms with Crippen LogP contribution in [0.4, 0.5) is 0 Å². The van der Waals surface area contributed by atoms with Gasteiger partial charge in [0.15, 0.2) is 0 Å². The Kier molecular flexibility index (Phi) is 6.14. The molecule has 0 aliphatic carbocycles. The number of rotatable bonds is 6. The van der Waals surface area contributed by atoms with Crippen LogP contribution in [0.5, 0.6) is 0 Å². The molecular formula is C14H18O6. The minimum absolute atomic E-state index is 0.0192. The SMILES string of the molecule is COC(=O)Cc1ccccc1C(O)C(O)CC(=O)OC. The lowest BCUT2D eigenvalue weighted by Crippen LogP contribution is -2.24. The van der Waals surface area contributed by atoms with Crippen LogP contribution >= 0.6 is 0 Å². The first-order valence-corrected chi connectivity index (χ1v) is 6.07. The summed E-state index contributed by atoms with van der Waals surface area (Å²) in [7, 11) is 2.47. The van der Waals surface area contributed by atoms with Crippen molar-refractivity contribution in [1.29, 1.82) is 0 Å². The monoisotopic (exact) mass is 282 g/mol. The van der Waals surface area contributed by atoms with Crippen molar-refractivity contribution in [1.82, 2.24) is 0 Å². The first-order chi connectivity index (χ1) is 9.49. The summed E-state index contributed by atoms with van der Waals surface area (Å²) in [6.07, 6.45) is -2.94. The number of aliphatic hydroxyl groups is 2. The first-order valence-electron chi connectivity index (χ1n) is 6.07. The second kappa shape index (κ2) is 7.62. The number of aliphatic hydroxyl groups excluding tert-OH is 2.